The van der Waals surface area contributed by atoms with Gasteiger partial charge >= 0.3 is 0 Å². The lowest BCUT2D eigenvalue weighted by atomic mass is 10.6. The second-order valence-electron chi connectivity index (χ2n) is 0.976. The van der Waals surface area contributed by atoms with E-state index in [4.69, 9.17) is 10.7 Å². The fourth-order valence-electron chi connectivity index (χ4n) is 0.0445. The Morgan fingerprint density at radius 1 is 1.83 bits per heavy atom. The van der Waals surface area contributed by atoms with Gasteiger partial charge in [-0.25, -0.2) is 0 Å². The summed E-state index contributed by atoms with van der Waals surface area (Å²) in [6.07, 6.45) is 1.97. The van der Waals surface area contributed by atoms with E-state index in [0.29, 0.717) is 0 Å². The standard InChI is InChI=1S/C4H7ClS/c1-3-4(2)6-5/h3H,1-2H3. The largest absolute Gasteiger partial charge is 0.0772 e. The Hall–Kier alpha value is 0.380. The fraction of sp³-hybridized carbons (Fsp3) is 0.500. The minimum absolute atomic E-state index is 1.15. The predicted molar refractivity (Wildman–Crippen MR) is 32.9 cm³/mol. The summed E-state index contributed by atoms with van der Waals surface area (Å²) in [5.41, 5.74) is 0. The number of hydrogen-bond acceptors (Lipinski definition) is 1. The van der Waals surface area contributed by atoms with Gasteiger partial charge in [-0.3, -0.25) is 0 Å². The van der Waals surface area contributed by atoms with Gasteiger partial charge in [0.1, 0.15) is 0 Å². The highest BCUT2D eigenvalue weighted by Crippen LogP contribution is 2.17. The Kier molecular flexibility index (Phi) is 3.79. The van der Waals surface area contributed by atoms with Crippen molar-refractivity contribution in [2.45, 2.75) is 13.8 Å². The van der Waals surface area contributed by atoms with Crippen LogP contribution in [0.15, 0.2) is 11.0 Å². The van der Waals surface area contributed by atoms with Crippen molar-refractivity contribution in [3.63, 3.8) is 0 Å². The van der Waals surface area contributed by atoms with E-state index in [-0.39, 0.29) is 0 Å². The van der Waals surface area contributed by atoms with Gasteiger partial charge in [0.05, 0.1) is 0 Å². The van der Waals surface area contributed by atoms with E-state index in [1.165, 1.54) is 11.0 Å². The van der Waals surface area contributed by atoms with E-state index in [0.717, 1.165) is 4.91 Å². The number of hydrogen-bond donors (Lipinski definition) is 0. The maximum absolute atomic E-state index is 5.30. The van der Waals surface area contributed by atoms with E-state index in [1.807, 2.05) is 19.9 Å². The molecule has 0 fully saturated rings. The van der Waals surface area contributed by atoms with Crippen molar-refractivity contribution in [2.75, 3.05) is 0 Å². The van der Waals surface area contributed by atoms with E-state index < -0.39 is 0 Å². The topological polar surface area (TPSA) is 0 Å². The van der Waals surface area contributed by atoms with Crippen molar-refractivity contribution >= 4 is 21.7 Å². The van der Waals surface area contributed by atoms with Crippen LogP contribution in [0.25, 0.3) is 0 Å². The highest BCUT2D eigenvalue weighted by atomic mass is 35.7. The Morgan fingerprint density at radius 3 is 2.33 bits per heavy atom. The first kappa shape index (κ1) is 6.38. The molecule has 0 aromatic rings. The molecule has 0 aliphatic carbocycles. The third kappa shape index (κ3) is 2.61. The van der Waals surface area contributed by atoms with Crippen LogP contribution in [0.4, 0.5) is 0 Å². The number of rotatable bonds is 1. The molecule has 0 nitrogen and oxygen atoms in total. The molecule has 0 saturated heterocycles. The Morgan fingerprint density at radius 2 is 2.33 bits per heavy atom. The lowest BCUT2D eigenvalue weighted by molar-refractivity contribution is 1.60. The summed E-state index contributed by atoms with van der Waals surface area (Å²) >= 11 is 0. The molecule has 0 N–H and O–H groups in total. The molecule has 0 spiro atoms. The van der Waals surface area contributed by atoms with Gasteiger partial charge in [0.15, 0.2) is 0 Å². The molecule has 0 bridgehead atoms. The van der Waals surface area contributed by atoms with Crippen LogP contribution in [0.1, 0.15) is 13.8 Å². The quantitative estimate of drug-likeness (QED) is 0.516. The van der Waals surface area contributed by atoms with Crippen molar-refractivity contribution in [3.8, 4) is 0 Å². The molecule has 0 unspecified atom stereocenters. The van der Waals surface area contributed by atoms with Crippen molar-refractivity contribution in [1.82, 2.24) is 0 Å². The molecule has 0 atom stereocenters. The average molecular weight is 123 g/mol. The first-order valence-electron chi connectivity index (χ1n) is 1.72. The molecular formula is C4H7ClS. The maximum Gasteiger partial charge on any atom is -0.00651 e. The van der Waals surface area contributed by atoms with Gasteiger partial charge in [-0.15, -0.1) is 0 Å². The molecule has 6 heavy (non-hydrogen) atoms. The second kappa shape index (κ2) is 3.57. The highest BCUT2D eigenvalue weighted by molar-refractivity contribution is 8.24. The molecule has 0 aromatic carbocycles. The summed E-state index contributed by atoms with van der Waals surface area (Å²) < 4.78 is 0. The van der Waals surface area contributed by atoms with Gasteiger partial charge in [-0.05, 0) is 40.4 Å². The van der Waals surface area contributed by atoms with E-state index in [2.05, 4.69) is 0 Å². The lowest BCUT2D eigenvalue weighted by Crippen LogP contribution is -1.51. The zero-order valence-electron chi connectivity index (χ0n) is 3.86. The summed E-state index contributed by atoms with van der Waals surface area (Å²) in [6, 6.07) is 0. The molecule has 0 aliphatic heterocycles. The van der Waals surface area contributed by atoms with Crippen molar-refractivity contribution < 1.29 is 0 Å². The van der Waals surface area contributed by atoms with Crippen LogP contribution >= 0.6 is 21.7 Å². The summed E-state index contributed by atoms with van der Waals surface area (Å²) in [5, 5.41) is 0. The summed E-state index contributed by atoms with van der Waals surface area (Å²) in [7, 11) is 6.56. The van der Waals surface area contributed by atoms with Crippen LogP contribution in [0.5, 0.6) is 0 Å². The van der Waals surface area contributed by atoms with Crippen LogP contribution in [-0.2, 0) is 0 Å². The molecule has 0 saturated carbocycles. The predicted octanol–water partition coefficient (Wildman–Crippen LogP) is 2.80. The van der Waals surface area contributed by atoms with Gasteiger partial charge in [0.2, 0.25) is 0 Å². The first-order valence-corrected chi connectivity index (χ1v) is 3.37. The molecule has 0 amide bonds. The first-order chi connectivity index (χ1) is 2.81. The van der Waals surface area contributed by atoms with Gasteiger partial charge < -0.3 is 0 Å². The highest BCUT2D eigenvalue weighted by Gasteiger charge is 1.76. The molecular weight excluding hydrogens is 116 g/mol. The molecule has 0 radical (unpaired) electrons. The van der Waals surface area contributed by atoms with Gasteiger partial charge in [-0.1, -0.05) is 6.08 Å². The van der Waals surface area contributed by atoms with E-state index in [1.54, 1.807) is 0 Å². The Balaban J connectivity index is 3.22. The summed E-state index contributed by atoms with van der Waals surface area (Å²) in [4.78, 5) is 1.15. The van der Waals surface area contributed by atoms with Crippen LogP contribution in [-0.4, -0.2) is 0 Å². The van der Waals surface area contributed by atoms with Crippen LogP contribution in [0.3, 0.4) is 0 Å². The molecule has 2 heteroatoms. The normalized spacial score (nSPS) is 12.2. The molecule has 0 rings (SSSR count). The van der Waals surface area contributed by atoms with Crippen LogP contribution in [0, 0.1) is 0 Å². The second-order valence-corrected chi connectivity index (χ2v) is 2.24. The third-order valence-corrected chi connectivity index (χ3v) is 1.74. The van der Waals surface area contributed by atoms with Crippen molar-refractivity contribution in [2.24, 2.45) is 0 Å². The van der Waals surface area contributed by atoms with Gasteiger partial charge in [-0.2, -0.15) is 0 Å². The fourth-order valence-corrected chi connectivity index (χ4v) is 0.401. The summed E-state index contributed by atoms with van der Waals surface area (Å²) in [6.45, 7) is 3.93. The zero-order valence-corrected chi connectivity index (χ0v) is 5.44. The van der Waals surface area contributed by atoms with Gasteiger partial charge in [0, 0.05) is 0 Å². The Bertz CT molecular complexity index is 58.6. The number of halogens is 1. The third-order valence-electron chi connectivity index (χ3n) is 0.528. The van der Waals surface area contributed by atoms with Crippen LogP contribution < -0.4 is 0 Å². The van der Waals surface area contributed by atoms with Crippen molar-refractivity contribution in [3.05, 3.63) is 11.0 Å². The smallest absolute Gasteiger partial charge is 0.00651 e. The van der Waals surface area contributed by atoms with Gasteiger partial charge in [0.25, 0.3) is 0 Å². The monoisotopic (exact) mass is 122 g/mol. The summed E-state index contributed by atoms with van der Waals surface area (Å²) in [5.74, 6) is 0. The zero-order chi connectivity index (χ0) is 4.99. The minimum Gasteiger partial charge on any atom is -0.0772 e. The Labute approximate surface area is 47.1 Å². The molecule has 36 valence electrons. The minimum atomic E-state index is 1.15. The molecule has 0 aliphatic rings. The SMILES string of the molecule is CC=C(C)SCl. The molecule has 0 aromatic heterocycles. The maximum atomic E-state index is 5.30. The van der Waals surface area contributed by atoms with Crippen LogP contribution in [0.2, 0.25) is 0 Å². The van der Waals surface area contributed by atoms with E-state index >= 15 is 0 Å². The average Bonchev–Trinajstić information content (AvgIpc) is 1.65. The molecule has 0 heterocycles. The van der Waals surface area contributed by atoms with Crippen molar-refractivity contribution in [1.29, 1.82) is 0 Å². The number of allylic oxidation sites excluding steroid dienone is 2. The lowest BCUT2D eigenvalue weighted by Gasteiger charge is -1.81. The van der Waals surface area contributed by atoms with E-state index in [9.17, 15) is 0 Å².